The molecule has 21 heavy (non-hydrogen) atoms. The van der Waals surface area contributed by atoms with Crippen molar-refractivity contribution in [1.82, 2.24) is 4.90 Å². The highest BCUT2D eigenvalue weighted by Crippen LogP contribution is 2.41. The first-order valence-corrected chi connectivity index (χ1v) is 7.45. The minimum Gasteiger partial charge on any atom is -0.460 e. The summed E-state index contributed by atoms with van der Waals surface area (Å²) in [5.74, 6) is 2.24. The first-order chi connectivity index (χ1) is 10.2. The predicted molar refractivity (Wildman–Crippen MR) is 77.0 cm³/mol. The summed E-state index contributed by atoms with van der Waals surface area (Å²) in [5, 5.41) is 9.69. The van der Waals surface area contributed by atoms with Gasteiger partial charge in [0.1, 0.15) is 17.3 Å². The van der Waals surface area contributed by atoms with E-state index in [0.717, 1.165) is 31.8 Å². The molecule has 2 fully saturated rings. The Morgan fingerprint density at radius 2 is 2.05 bits per heavy atom. The average molecular weight is 287 g/mol. The molecule has 0 radical (unpaired) electrons. The molecule has 4 heteroatoms. The monoisotopic (exact) mass is 287 g/mol. The molecule has 1 aliphatic heterocycles. The molecule has 1 aliphatic carbocycles. The van der Waals surface area contributed by atoms with Gasteiger partial charge >= 0.3 is 0 Å². The average Bonchev–Trinajstić information content (AvgIpc) is 3.05. The van der Waals surface area contributed by atoms with Gasteiger partial charge in [0.2, 0.25) is 0 Å². The Hall–Kier alpha value is -1.65. The summed E-state index contributed by atoms with van der Waals surface area (Å²) in [5.41, 5.74) is 0.501. The van der Waals surface area contributed by atoms with Crippen molar-refractivity contribution in [3.05, 3.63) is 48.0 Å². The zero-order chi connectivity index (χ0) is 14.4. The second-order valence-electron chi connectivity index (χ2n) is 6.17. The number of nitrogens with zero attached hydrogens (tertiary/aromatic N) is 1. The van der Waals surface area contributed by atoms with Crippen LogP contribution in [0.1, 0.15) is 12.2 Å². The van der Waals surface area contributed by atoms with Crippen LogP contribution >= 0.6 is 0 Å². The second kappa shape index (κ2) is 4.97. The maximum Gasteiger partial charge on any atom is 0.137 e. The number of hydrogen-bond acceptors (Lipinski definition) is 3. The normalized spacial score (nSPS) is 28.4. The van der Waals surface area contributed by atoms with Crippen molar-refractivity contribution in [1.29, 1.82) is 0 Å². The van der Waals surface area contributed by atoms with Crippen LogP contribution in [0, 0.1) is 17.7 Å². The highest BCUT2D eigenvalue weighted by atomic mass is 19.1. The fraction of sp³-hybridized carbons (Fsp3) is 0.412. The summed E-state index contributed by atoms with van der Waals surface area (Å²) < 4.78 is 19.5. The molecule has 0 spiro atoms. The number of aliphatic hydroxyl groups excluding tert-OH is 1. The molecule has 1 saturated heterocycles. The van der Waals surface area contributed by atoms with Gasteiger partial charge in [-0.15, -0.1) is 0 Å². The fourth-order valence-corrected chi connectivity index (χ4v) is 3.58. The van der Waals surface area contributed by atoms with E-state index < -0.39 is 0 Å². The van der Waals surface area contributed by atoms with E-state index >= 15 is 0 Å². The lowest BCUT2D eigenvalue weighted by Gasteiger charge is -2.35. The highest BCUT2D eigenvalue weighted by Gasteiger charge is 2.46. The van der Waals surface area contributed by atoms with Crippen molar-refractivity contribution in [2.45, 2.75) is 19.1 Å². The molecule has 1 aromatic heterocycles. The third-order valence-electron chi connectivity index (χ3n) is 4.79. The molecule has 1 saturated carbocycles. The van der Waals surface area contributed by atoms with Crippen molar-refractivity contribution in [3.63, 3.8) is 0 Å². The van der Waals surface area contributed by atoms with E-state index in [1.807, 2.05) is 12.1 Å². The van der Waals surface area contributed by atoms with Crippen LogP contribution in [-0.2, 0) is 6.54 Å². The van der Waals surface area contributed by atoms with Crippen LogP contribution in [0.15, 0.2) is 40.8 Å². The molecule has 0 unspecified atom stereocenters. The number of aliphatic hydroxyl groups is 1. The number of halogens is 1. The lowest BCUT2D eigenvalue weighted by molar-refractivity contribution is -0.00436. The lowest BCUT2D eigenvalue weighted by Crippen LogP contribution is -2.39. The van der Waals surface area contributed by atoms with E-state index in [0.29, 0.717) is 23.2 Å². The molecular weight excluding hydrogens is 269 g/mol. The molecule has 2 aliphatic rings. The maximum atomic E-state index is 13.7. The van der Waals surface area contributed by atoms with Gasteiger partial charge in [-0.2, -0.15) is 0 Å². The molecule has 1 N–H and O–H groups in total. The largest absolute Gasteiger partial charge is 0.460 e. The van der Waals surface area contributed by atoms with E-state index in [1.54, 1.807) is 18.2 Å². The zero-order valence-electron chi connectivity index (χ0n) is 11.7. The van der Waals surface area contributed by atoms with Gasteiger partial charge in [-0.1, -0.05) is 12.1 Å². The van der Waals surface area contributed by atoms with Gasteiger partial charge in [0, 0.05) is 19.0 Å². The lowest BCUT2D eigenvalue weighted by atomic mass is 9.74. The Kier molecular flexibility index (Phi) is 3.08. The maximum absolute atomic E-state index is 13.7. The number of rotatable bonds is 3. The van der Waals surface area contributed by atoms with Gasteiger partial charge in [-0.25, -0.2) is 4.39 Å². The highest BCUT2D eigenvalue weighted by molar-refractivity contribution is 5.58. The Morgan fingerprint density at radius 1 is 1.19 bits per heavy atom. The van der Waals surface area contributed by atoms with E-state index in [2.05, 4.69) is 4.90 Å². The molecule has 1 aromatic carbocycles. The topological polar surface area (TPSA) is 36.6 Å². The quantitative estimate of drug-likeness (QED) is 0.943. The SMILES string of the molecule is O[C@@H]1C[C@@H]2CN(Cc3ccc(-c4ccccc4F)o3)C[C@@H]21. The molecule has 2 heterocycles. The number of furan rings is 1. The minimum absolute atomic E-state index is 0.120. The Labute approximate surface area is 123 Å². The van der Waals surface area contributed by atoms with E-state index in [1.165, 1.54) is 6.07 Å². The van der Waals surface area contributed by atoms with Crippen LogP contribution in [0.25, 0.3) is 11.3 Å². The molecule has 2 aromatic rings. The van der Waals surface area contributed by atoms with Crippen molar-refractivity contribution < 1.29 is 13.9 Å². The third-order valence-corrected chi connectivity index (χ3v) is 4.79. The number of benzene rings is 1. The van der Waals surface area contributed by atoms with Crippen LogP contribution in [0.4, 0.5) is 4.39 Å². The molecule has 3 atom stereocenters. The van der Waals surface area contributed by atoms with Gasteiger partial charge in [-0.05, 0) is 36.6 Å². The Morgan fingerprint density at radius 3 is 2.81 bits per heavy atom. The first-order valence-electron chi connectivity index (χ1n) is 7.45. The van der Waals surface area contributed by atoms with Crippen molar-refractivity contribution in [2.24, 2.45) is 11.8 Å². The Bertz CT molecular complexity index is 654. The van der Waals surface area contributed by atoms with Crippen LogP contribution in [-0.4, -0.2) is 29.2 Å². The zero-order valence-corrected chi connectivity index (χ0v) is 11.7. The summed E-state index contributed by atoms with van der Waals surface area (Å²) in [6.45, 7) is 2.69. The first kappa shape index (κ1) is 13.0. The van der Waals surface area contributed by atoms with Gasteiger partial charge in [0.05, 0.1) is 18.2 Å². The smallest absolute Gasteiger partial charge is 0.137 e. The third kappa shape index (κ3) is 2.28. The van der Waals surface area contributed by atoms with E-state index in [9.17, 15) is 9.50 Å². The molecule has 4 rings (SSSR count). The van der Waals surface area contributed by atoms with Gasteiger partial charge < -0.3 is 9.52 Å². The van der Waals surface area contributed by atoms with E-state index in [-0.39, 0.29) is 11.9 Å². The second-order valence-corrected chi connectivity index (χ2v) is 6.17. The number of hydrogen-bond donors (Lipinski definition) is 1. The van der Waals surface area contributed by atoms with Gasteiger partial charge in [-0.3, -0.25) is 4.90 Å². The predicted octanol–water partition coefficient (Wildman–Crippen LogP) is 2.90. The number of fused-ring (bicyclic) bond motifs is 1. The number of likely N-dealkylation sites (tertiary alicyclic amines) is 1. The summed E-state index contributed by atoms with van der Waals surface area (Å²) in [6, 6.07) is 10.4. The summed E-state index contributed by atoms with van der Waals surface area (Å²) in [6.07, 6.45) is 0.811. The Balaban J connectivity index is 1.47. The molecule has 0 bridgehead atoms. The van der Waals surface area contributed by atoms with Crippen LogP contribution in [0.3, 0.4) is 0 Å². The fourth-order valence-electron chi connectivity index (χ4n) is 3.58. The summed E-state index contributed by atoms with van der Waals surface area (Å²) in [7, 11) is 0. The van der Waals surface area contributed by atoms with Crippen LogP contribution < -0.4 is 0 Å². The molecule has 0 amide bonds. The van der Waals surface area contributed by atoms with Crippen molar-refractivity contribution in [2.75, 3.05) is 13.1 Å². The summed E-state index contributed by atoms with van der Waals surface area (Å²) in [4.78, 5) is 2.31. The van der Waals surface area contributed by atoms with E-state index in [4.69, 9.17) is 4.42 Å². The van der Waals surface area contributed by atoms with Gasteiger partial charge in [0.15, 0.2) is 0 Å². The molecular formula is C17H18FNO2. The van der Waals surface area contributed by atoms with Crippen LogP contribution in [0.5, 0.6) is 0 Å². The van der Waals surface area contributed by atoms with Crippen molar-refractivity contribution in [3.8, 4) is 11.3 Å². The van der Waals surface area contributed by atoms with Gasteiger partial charge in [0.25, 0.3) is 0 Å². The summed E-state index contributed by atoms with van der Waals surface area (Å²) >= 11 is 0. The standard InChI is InChI=1S/C17H18FNO2/c18-15-4-2-1-3-13(15)17-6-5-12(21-17)9-19-8-11-7-16(20)14(11)10-19/h1-6,11,14,16,20H,7-10H2/t11-,14+,16-/m1/s1. The molecule has 3 nitrogen and oxygen atoms in total. The van der Waals surface area contributed by atoms with Crippen LogP contribution in [0.2, 0.25) is 0 Å². The molecule has 110 valence electrons. The minimum atomic E-state index is -0.263. The van der Waals surface area contributed by atoms with Crippen molar-refractivity contribution >= 4 is 0 Å².